The smallest absolute Gasteiger partial charge is 0.259 e. The van der Waals surface area contributed by atoms with Gasteiger partial charge in [-0.3, -0.25) is 4.79 Å². The van der Waals surface area contributed by atoms with Gasteiger partial charge in [-0.2, -0.15) is 9.29 Å². The largest absolute Gasteiger partial charge is 0.339 e. The molecule has 0 radical (unpaired) electrons. The molecule has 190 valence electrons. The topological polar surface area (TPSA) is 121 Å². The fraction of sp³-hybridized carbons (Fsp3) is 0.296. The Balaban J connectivity index is 1.37. The van der Waals surface area contributed by atoms with Crippen LogP contribution in [0.5, 0.6) is 0 Å². The van der Waals surface area contributed by atoms with Gasteiger partial charge in [-0.25, -0.2) is 8.42 Å². The van der Waals surface area contributed by atoms with Crippen molar-refractivity contribution in [3.05, 3.63) is 98.8 Å². The second-order valence-corrected chi connectivity index (χ2v) is 11.6. The molecular formula is C27H27N5O4S. The summed E-state index contributed by atoms with van der Waals surface area (Å²) in [5.41, 5.74) is 4.98. The van der Waals surface area contributed by atoms with E-state index in [4.69, 9.17) is 4.52 Å². The molecule has 2 N–H and O–H groups in total. The van der Waals surface area contributed by atoms with Gasteiger partial charge in [0.25, 0.3) is 5.56 Å². The van der Waals surface area contributed by atoms with E-state index in [2.05, 4.69) is 20.4 Å². The molecule has 2 aromatic carbocycles. The summed E-state index contributed by atoms with van der Waals surface area (Å²) in [4.78, 5) is 20.6. The molecule has 6 rings (SSSR count). The van der Waals surface area contributed by atoms with E-state index in [1.54, 1.807) is 24.3 Å². The molecule has 10 heteroatoms. The number of hydrogen-bond acceptors (Lipinski definition) is 7. The van der Waals surface area contributed by atoms with Gasteiger partial charge in [0.1, 0.15) is 0 Å². The highest BCUT2D eigenvalue weighted by Crippen LogP contribution is 2.32. The number of hydrogen-bond donors (Lipinski definition) is 2. The van der Waals surface area contributed by atoms with Crippen molar-refractivity contribution in [2.24, 2.45) is 0 Å². The number of benzene rings is 2. The van der Waals surface area contributed by atoms with Gasteiger partial charge in [-0.05, 0) is 48.2 Å². The molecule has 0 fully saturated rings. The number of aryl methyl sites for hydroxylation is 1. The number of H-pyrrole nitrogens is 1. The number of rotatable bonds is 4. The molecule has 2 aromatic heterocycles. The number of nitrogens with one attached hydrogen (secondary N) is 2. The lowest BCUT2D eigenvalue weighted by Gasteiger charge is -2.22. The molecule has 2 aliphatic rings. The van der Waals surface area contributed by atoms with Crippen LogP contribution in [-0.4, -0.2) is 40.9 Å². The highest BCUT2D eigenvalue weighted by molar-refractivity contribution is 7.89. The molecule has 0 bridgehead atoms. The summed E-state index contributed by atoms with van der Waals surface area (Å²) in [6.07, 6.45) is 1.30. The van der Waals surface area contributed by atoms with E-state index >= 15 is 0 Å². The molecule has 4 heterocycles. The van der Waals surface area contributed by atoms with Gasteiger partial charge in [-0.15, -0.1) is 0 Å². The van der Waals surface area contributed by atoms with E-state index < -0.39 is 10.0 Å². The van der Waals surface area contributed by atoms with Crippen LogP contribution in [0.1, 0.15) is 39.8 Å². The second-order valence-electron chi connectivity index (χ2n) is 9.68. The molecule has 0 saturated heterocycles. The van der Waals surface area contributed by atoms with Crippen LogP contribution < -0.4 is 10.9 Å². The Morgan fingerprint density at radius 1 is 1.05 bits per heavy atom. The summed E-state index contributed by atoms with van der Waals surface area (Å²) >= 11 is 0. The fourth-order valence-electron chi connectivity index (χ4n) is 5.05. The van der Waals surface area contributed by atoms with Crippen molar-refractivity contribution in [1.82, 2.24) is 24.7 Å². The van der Waals surface area contributed by atoms with Gasteiger partial charge in [0.2, 0.25) is 21.7 Å². The van der Waals surface area contributed by atoms with Gasteiger partial charge in [0.15, 0.2) is 0 Å². The number of fused-ring (bicyclic) bond motifs is 2. The lowest BCUT2D eigenvalue weighted by Crippen LogP contribution is -2.33. The van der Waals surface area contributed by atoms with Crippen molar-refractivity contribution in [2.75, 3.05) is 13.1 Å². The molecule has 2 aliphatic heterocycles. The zero-order valence-electron chi connectivity index (χ0n) is 20.4. The quantitative estimate of drug-likeness (QED) is 0.427. The predicted molar refractivity (Wildman–Crippen MR) is 137 cm³/mol. The first-order chi connectivity index (χ1) is 17.9. The van der Waals surface area contributed by atoms with Gasteiger partial charge >= 0.3 is 0 Å². The Bertz CT molecular complexity index is 1630. The van der Waals surface area contributed by atoms with Crippen molar-refractivity contribution >= 4 is 10.0 Å². The Hall–Kier alpha value is -3.60. The molecule has 0 aliphatic carbocycles. The van der Waals surface area contributed by atoms with E-state index in [9.17, 15) is 13.2 Å². The predicted octanol–water partition coefficient (Wildman–Crippen LogP) is 2.91. The van der Waals surface area contributed by atoms with Crippen molar-refractivity contribution in [2.45, 2.75) is 43.7 Å². The van der Waals surface area contributed by atoms with Crippen molar-refractivity contribution in [3.8, 4) is 11.4 Å². The summed E-state index contributed by atoms with van der Waals surface area (Å²) in [6, 6.07) is 16.5. The van der Waals surface area contributed by atoms with Gasteiger partial charge in [0.05, 0.1) is 16.4 Å². The van der Waals surface area contributed by atoms with Gasteiger partial charge in [-0.1, -0.05) is 47.1 Å². The molecule has 37 heavy (non-hydrogen) atoms. The van der Waals surface area contributed by atoms with Gasteiger partial charge < -0.3 is 14.8 Å². The SMILES string of the molecule is Cc1ccc(S(=O)(=O)N2Cc3ccccc3CC(c3nc(-c4cc5c([nH]c4=O)CCNC5)no3)C2)cc1. The minimum Gasteiger partial charge on any atom is -0.339 e. The van der Waals surface area contributed by atoms with Crippen LogP contribution in [0, 0.1) is 6.92 Å². The zero-order chi connectivity index (χ0) is 25.6. The van der Waals surface area contributed by atoms with Crippen LogP contribution in [0.3, 0.4) is 0 Å². The van der Waals surface area contributed by atoms with Gasteiger partial charge in [0, 0.05) is 38.3 Å². The third-order valence-corrected chi connectivity index (χ3v) is 8.95. The van der Waals surface area contributed by atoms with Crippen molar-refractivity contribution < 1.29 is 12.9 Å². The lowest BCUT2D eigenvalue weighted by atomic mass is 9.97. The maximum Gasteiger partial charge on any atom is 0.259 e. The highest BCUT2D eigenvalue weighted by atomic mass is 32.2. The summed E-state index contributed by atoms with van der Waals surface area (Å²) in [6.45, 7) is 3.83. The summed E-state index contributed by atoms with van der Waals surface area (Å²) in [5, 5.41) is 7.42. The molecule has 9 nitrogen and oxygen atoms in total. The summed E-state index contributed by atoms with van der Waals surface area (Å²) in [5.74, 6) is 0.143. The standard InChI is InChI=1S/C27H27N5O4S/c1-17-6-8-22(9-7-17)37(34,35)32-15-19-5-3-2-4-18(19)12-21(16-32)27-30-25(31-36-27)23-13-20-14-28-11-10-24(20)29-26(23)33/h2-9,13,21,28H,10-12,14-16H2,1H3,(H,29,33). The minimum atomic E-state index is -3.77. The third-order valence-electron chi connectivity index (χ3n) is 7.13. The Morgan fingerprint density at radius 2 is 1.84 bits per heavy atom. The maximum atomic E-state index is 13.7. The number of nitrogens with zero attached hydrogens (tertiary/aromatic N) is 3. The molecule has 0 spiro atoms. The van der Waals surface area contributed by atoms with E-state index in [0.29, 0.717) is 24.4 Å². The Morgan fingerprint density at radius 3 is 2.65 bits per heavy atom. The molecule has 1 unspecified atom stereocenters. The normalized spacial score (nSPS) is 18.1. The average Bonchev–Trinajstić information content (AvgIpc) is 3.29. The van der Waals surface area contributed by atoms with Crippen LogP contribution >= 0.6 is 0 Å². The van der Waals surface area contributed by atoms with E-state index in [-0.39, 0.29) is 35.3 Å². The van der Waals surface area contributed by atoms with Crippen molar-refractivity contribution in [1.29, 1.82) is 0 Å². The van der Waals surface area contributed by atoms with Crippen LogP contribution in [-0.2, 0) is 36.0 Å². The van der Waals surface area contributed by atoms with Crippen molar-refractivity contribution in [3.63, 3.8) is 0 Å². The Labute approximate surface area is 214 Å². The first-order valence-corrected chi connectivity index (χ1v) is 13.8. The lowest BCUT2D eigenvalue weighted by molar-refractivity contribution is 0.317. The molecule has 1 atom stereocenters. The molecule has 0 saturated carbocycles. The molecule has 4 aromatic rings. The average molecular weight is 518 g/mol. The Kier molecular flexibility index (Phi) is 6.02. The number of sulfonamides is 1. The van der Waals surface area contributed by atoms with Crippen LogP contribution in [0.15, 0.2) is 68.8 Å². The molecule has 0 amide bonds. The fourth-order valence-corrected chi connectivity index (χ4v) is 6.52. The number of aromatic nitrogens is 3. The zero-order valence-corrected chi connectivity index (χ0v) is 21.2. The van der Waals surface area contributed by atoms with Crippen LogP contribution in [0.4, 0.5) is 0 Å². The first kappa shape index (κ1) is 23.8. The summed E-state index contributed by atoms with van der Waals surface area (Å²) < 4.78 is 34.4. The monoisotopic (exact) mass is 517 g/mol. The van der Waals surface area contributed by atoms with Crippen LogP contribution in [0.25, 0.3) is 11.4 Å². The maximum absolute atomic E-state index is 13.7. The third kappa shape index (κ3) is 4.52. The minimum absolute atomic E-state index is 0.178. The number of pyridine rings is 1. The second kappa shape index (κ2) is 9.37. The first-order valence-electron chi connectivity index (χ1n) is 12.3. The summed E-state index contributed by atoms with van der Waals surface area (Å²) in [7, 11) is -3.77. The highest BCUT2D eigenvalue weighted by Gasteiger charge is 2.34. The molecular weight excluding hydrogens is 490 g/mol. The number of aromatic amines is 1. The van der Waals surface area contributed by atoms with Crippen LogP contribution in [0.2, 0.25) is 0 Å². The van der Waals surface area contributed by atoms with E-state index in [0.717, 1.165) is 40.9 Å². The van der Waals surface area contributed by atoms with E-state index in [1.165, 1.54) is 4.31 Å². The van der Waals surface area contributed by atoms with E-state index in [1.807, 2.05) is 37.3 Å².